The molecular formula is C27H30N6O2. The molecule has 8 nitrogen and oxygen atoms in total. The molecule has 4 rings (SSSR count). The van der Waals surface area contributed by atoms with Crippen LogP contribution in [0.1, 0.15) is 32.0 Å². The summed E-state index contributed by atoms with van der Waals surface area (Å²) in [6.07, 6.45) is 1.50. The summed E-state index contributed by atoms with van der Waals surface area (Å²) in [4.78, 5) is 25.3. The Morgan fingerprint density at radius 3 is 2.34 bits per heavy atom. The molecule has 0 unspecified atom stereocenters. The molecule has 1 saturated heterocycles. The molecule has 180 valence electrons. The number of nitrogens with one attached hydrogen (secondary N) is 1. The highest BCUT2D eigenvalue weighted by molar-refractivity contribution is 5.68. The average molecular weight is 471 g/mol. The minimum absolute atomic E-state index is 0.247. The summed E-state index contributed by atoms with van der Waals surface area (Å²) >= 11 is 0. The Labute approximate surface area is 206 Å². The first kappa shape index (κ1) is 24.0. The van der Waals surface area contributed by atoms with E-state index in [9.17, 15) is 4.79 Å². The van der Waals surface area contributed by atoms with Crippen molar-refractivity contribution in [3.63, 3.8) is 0 Å². The molecule has 2 heterocycles. The molecule has 1 aliphatic heterocycles. The van der Waals surface area contributed by atoms with E-state index in [0.717, 1.165) is 35.7 Å². The van der Waals surface area contributed by atoms with Gasteiger partial charge in [-0.2, -0.15) is 5.26 Å². The Morgan fingerprint density at radius 1 is 1.03 bits per heavy atom. The van der Waals surface area contributed by atoms with Gasteiger partial charge in [0, 0.05) is 49.3 Å². The first-order chi connectivity index (χ1) is 16.8. The molecule has 0 saturated carbocycles. The van der Waals surface area contributed by atoms with Crippen LogP contribution >= 0.6 is 0 Å². The van der Waals surface area contributed by atoms with Gasteiger partial charge in [0.05, 0.1) is 23.9 Å². The minimum Gasteiger partial charge on any atom is -0.444 e. The molecule has 1 aliphatic rings. The number of carbonyl (C=O) groups is 1. The number of hydrogen-bond donors (Lipinski definition) is 1. The fraction of sp³-hybridized carbons (Fsp3) is 0.333. The van der Waals surface area contributed by atoms with Crippen LogP contribution in [0, 0.1) is 11.3 Å². The maximum atomic E-state index is 12.3. The Balaban J connectivity index is 1.30. The van der Waals surface area contributed by atoms with Gasteiger partial charge in [0.25, 0.3) is 0 Å². The van der Waals surface area contributed by atoms with Crippen molar-refractivity contribution in [2.45, 2.75) is 32.9 Å². The Morgan fingerprint density at radius 2 is 1.71 bits per heavy atom. The van der Waals surface area contributed by atoms with Crippen LogP contribution in [0.2, 0.25) is 0 Å². The Kier molecular flexibility index (Phi) is 7.16. The lowest BCUT2D eigenvalue weighted by Crippen LogP contribution is -2.50. The van der Waals surface area contributed by atoms with E-state index in [1.54, 1.807) is 23.2 Å². The number of nitrogens with zero attached hydrogens (tertiary/aromatic N) is 5. The normalized spacial score (nSPS) is 13.8. The van der Waals surface area contributed by atoms with E-state index in [1.807, 2.05) is 39.0 Å². The van der Waals surface area contributed by atoms with Crippen molar-refractivity contribution in [3.05, 3.63) is 72.1 Å². The van der Waals surface area contributed by atoms with Gasteiger partial charge in [0.1, 0.15) is 5.60 Å². The summed E-state index contributed by atoms with van der Waals surface area (Å²) in [6.45, 7) is 9.05. The number of carbonyl (C=O) groups excluding carboxylic acids is 1. The van der Waals surface area contributed by atoms with Crippen LogP contribution in [0.15, 0.2) is 60.8 Å². The first-order valence-electron chi connectivity index (χ1n) is 11.7. The zero-order chi connectivity index (χ0) is 24.8. The standard InChI is InChI=1S/C27H30N6O2/c1-27(2,3)35-26(34)33-16-14-32(15-17-33)24-10-8-22(9-11-24)30-19-23-12-13-29-25(31-23)21-6-4-20(18-28)5-7-21/h4-13,30H,14-17,19H2,1-3H3. The van der Waals surface area contributed by atoms with Gasteiger partial charge >= 0.3 is 6.09 Å². The van der Waals surface area contributed by atoms with Gasteiger partial charge in [-0.25, -0.2) is 14.8 Å². The predicted octanol–water partition coefficient (Wildman–Crippen LogP) is 4.68. The Hall–Kier alpha value is -4.12. The van der Waals surface area contributed by atoms with E-state index in [4.69, 9.17) is 10.00 Å². The topological polar surface area (TPSA) is 94.4 Å². The van der Waals surface area contributed by atoms with Gasteiger partial charge in [-0.15, -0.1) is 0 Å². The van der Waals surface area contributed by atoms with Gasteiger partial charge in [-0.05, 0) is 75.4 Å². The molecule has 1 N–H and O–H groups in total. The zero-order valence-electron chi connectivity index (χ0n) is 20.4. The minimum atomic E-state index is -0.478. The van der Waals surface area contributed by atoms with Crippen LogP contribution in [0.3, 0.4) is 0 Å². The van der Waals surface area contributed by atoms with Crippen molar-refractivity contribution < 1.29 is 9.53 Å². The van der Waals surface area contributed by atoms with Gasteiger partial charge in [-0.3, -0.25) is 0 Å². The van der Waals surface area contributed by atoms with Crippen molar-refractivity contribution in [1.29, 1.82) is 5.26 Å². The van der Waals surface area contributed by atoms with E-state index >= 15 is 0 Å². The van der Waals surface area contributed by atoms with Crippen molar-refractivity contribution >= 4 is 17.5 Å². The van der Waals surface area contributed by atoms with Crippen LogP contribution in [0.5, 0.6) is 0 Å². The molecule has 0 atom stereocenters. The van der Waals surface area contributed by atoms with Gasteiger partial charge in [-0.1, -0.05) is 0 Å². The smallest absolute Gasteiger partial charge is 0.410 e. The second-order valence-corrected chi connectivity index (χ2v) is 9.42. The number of aromatic nitrogens is 2. The second-order valence-electron chi connectivity index (χ2n) is 9.42. The number of benzene rings is 2. The highest BCUT2D eigenvalue weighted by Crippen LogP contribution is 2.21. The largest absolute Gasteiger partial charge is 0.444 e. The van der Waals surface area contributed by atoms with Crippen molar-refractivity contribution in [1.82, 2.24) is 14.9 Å². The highest BCUT2D eigenvalue weighted by atomic mass is 16.6. The number of hydrogen-bond acceptors (Lipinski definition) is 7. The van der Waals surface area contributed by atoms with E-state index in [2.05, 4.69) is 50.5 Å². The first-order valence-corrected chi connectivity index (χ1v) is 11.7. The van der Waals surface area contributed by atoms with Crippen LogP contribution in [0.4, 0.5) is 16.2 Å². The third-order valence-electron chi connectivity index (χ3n) is 5.62. The maximum Gasteiger partial charge on any atom is 0.410 e. The molecule has 1 aromatic heterocycles. The number of anilines is 2. The van der Waals surface area contributed by atoms with Gasteiger partial charge in [0.15, 0.2) is 5.82 Å². The van der Waals surface area contributed by atoms with Crippen LogP contribution in [0.25, 0.3) is 11.4 Å². The molecule has 0 aliphatic carbocycles. The van der Waals surface area contributed by atoms with E-state index in [1.165, 1.54) is 0 Å². The maximum absolute atomic E-state index is 12.3. The molecule has 1 fully saturated rings. The Bertz CT molecular complexity index is 1190. The molecule has 0 bridgehead atoms. The fourth-order valence-electron chi connectivity index (χ4n) is 3.78. The number of rotatable bonds is 5. The molecule has 1 amide bonds. The summed E-state index contributed by atoms with van der Waals surface area (Å²) in [6, 6.07) is 19.5. The summed E-state index contributed by atoms with van der Waals surface area (Å²) in [7, 11) is 0. The quantitative estimate of drug-likeness (QED) is 0.578. The lowest BCUT2D eigenvalue weighted by Gasteiger charge is -2.36. The average Bonchev–Trinajstić information content (AvgIpc) is 2.87. The molecule has 8 heteroatoms. The number of amides is 1. The van der Waals surface area contributed by atoms with Gasteiger partial charge < -0.3 is 19.9 Å². The molecule has 0 radical (unpaired) electrons. The fourth-order valence-corrected chi connectivity index (χ4v) is 3.78. The number of ether oxygens (including phenoxy) is 1. The summed E-state index contributed by atoms with van der Waals surface area (Å²) in [5.41, 5.74) is 4.02. The van der Waals surface area contributed by atoms with Crippen molar-refractivity contribution in [2.24, 2.45) is 0 Å². The van der Waals surface area contributed by atoms with E-state index < -0.39 is 5.60 Å². The van der Waals surface area contributed by atoms with Gasteiger partial charge in [0.2, 0.25) is 0 Å². The van der Waals surface area contributed by atoms with Crippen LogP contribution < -0.4 is 10.2 Å². The summed E-state index contributed by atoms with van der Waals surface area (Å²) in [5.74, 6) is 0.634. The molecule has 2 aromatic carbocycles. The van der Waals surface area contributed by atoms with Crippen LogP contribution in [-0.2, 0) is 11.3 Å². The van der Waals surface area contributed by atoms with E-state index in [0.29, 0.717) is 31.0 Å². The summed E-state index contributed by atoms with van der Waals surface area (Å²) in [5, 5.41) is 12.4. The monoisotopic (exact) mass is 470 g/mol. The number of nitriles is 1. The molecular weight excluding hydrogens is 440 g/mol. The van der Waals surface area contributed by atoms with Crippen molar-refractivity contribution in [2.75, 3.05) is 36.4 Å². The van der Waals surface area contributed by atoms with Crippen molar-refractivity contribution in [3.8, 4) is 17.5 Å². The highest BCUT2D eigenvalue weighted by Gasteiger charge is 2.25. The summed E-state index contributed by atoms with van der Waals surface area (Å²) < 4.78 is 5.48. The lowest BCUT2D eigenvalue weighted by atomic mass is 10.1. The molecule has 0 spiro atoms. The molecule has 3 aromatic rings. The third-order valence-corrected chi connectivity index (χ3v) is 5.62. The SMILES string of the molecule is CC(C)(C)OC(=O)N1CCN(c2ccc(NCc3ccnc(-c4ccc(C#N)cc4)n3)cc2)CC1. The number of piperazine rings is 1. The van der Waals surface area contributed by atoms with Crippen LogP contribution in [-0.4, -0.2) is 52.7 Å². The van der Waals surface area contributed by atoms with E-state index in [-0.39, 0.29) is 6.09 Å². The third kappa shape index (κ3) is 6.48. The zero-order valence-corrected chi connectivity index (χ0v) is 20.4. The molecule has 35 heavy (non-hydrogen) atoms. The predicted molar refractivity (Wildman–Crippen MR) is 136 cm³/mol. The lowest BCUT2D eigenvalue weighted by molar-refractivity contribution is 0.0240. The second kappa shape index (κ2) is 10.4.